The lowest BCUT2D eigenvalue weighted by Gasteiger charge is -2.13. The molecule has 0 aliphatic rings. The number of halogens is 2. The molecule has 0 saturated carbocycles. The van der Waals surface area contributed by atoms with E-state index >= 15 is 0 Å². The number of hydrogen-bond donors (Lipinski definition) is 3. The van der Waals surface area contributed by atoms with Crippen LogP contribution in [0.1, 0.15) is 5.56 Å². The van der Waals surface area contributed by atoms with Crippen LogP contribution in [0.3, 0.4) is 0 Å². The number of hydrogen-bond acceptors (Lipinski definition) is 5. The zero-order valence-corrected chi connectivity index (χ0v) is 14.3. The maximum atomic E-state index is 10.8. The van der Waals surface area contributed by atoms with E-state index in [0.29, 0.717) is 23.7 Å². The van der Waals surface area contributed by atoms with Crippen LogP contribution < -0.4 is 20.5 Å². The third-order valence-corrected chi connectivity index (χ3v) is 3.69. The zero-order chi connectivity index (χ0) is 17.7. The number of carbonyl (C=O) groups is 1. The Balaban J connectivity index is 2.09. The molecule has 2 rings (SSSR count). The van der Waals surface area contributed by atoms with Crippen LogP contribution in [-0.2, 0) is 11.3 Å². The van der Waals surface area contributed by atoms with Gasteiger partial charge in [0.2, 0.25) is 0 Å². The number of aromatic hydroxyl groups is 1. The number of carbonyl (C=O) groups excluding carboxylic acids is 1. The highest BCUT2D eigenvalue weighted by Gasteiger charge is 2.09. The van der Waals surface area contributed by atoms with E-state index in [9.17, 15) is 9.90 Å². The standard InChI is InChI=1S/C16H16Cl2N2O4/c1-23-14-4-9(2-3-13(14)24-8-15(19)21)7-20-10-5-11(17)16(22)12(18)6-10/h2-6,20,22H,7-8H2,1H3,(H2,19,21). The first kappa shape index (κ1) is 18.0. The molecule has 0 heterocycles. The fourth-order valence-corrected chi connectivity index (χ4v) is 2.45. The van der Waals surface area contributed by atoms with Crippen molar-refractivity contribution in [1.29, 1.82) is 0 Å². The molecule has 0 radical (unpaired) electrons. The van der Waals surface area contributed by atoms with Crippen LogP contribution >= 0.6 is 23.2 Å². The number of ether oxygens (including phenoxy) is 2. The van der Waals surface area contributed by atoms with E-state index in [1.165, 1.54) is 7.11 Å². The molecule has 6 nitrogen and oxygen atoms in total. The number of anilines is 1. The monoisotopic (exact) mass is 370 g/mol. The second-order valence-corrected chi connectivity index (χ2v) is 5.70. The predicted molar refractivity (Wildman–Crippen MR) is 93.1 cm³/mol. The van der Waals surface area contributed by atoms with E-state index in [1.807, 2.05) is 6.07 Å². The molecule has 2 aromatic carbocycles. The van der Waals surface area contributed by atoms with E-state index in [1.54, 1.807) is 24.3 Å². The second kappa shape index (κ2) is 7.99. The summed E-state index contributed by atoms with van der Waals surface area (Å²) in [6.45, 7) is 0.238. The largest absolute Gasteiger partial charge is 0.505 e. The van der Waals surface area contributed by atoms with E-state index in [0.717, 1.165) is 5.56 Å². The first-order valence-electron chi connectivity index (χ1n) is 6.90. The van der Waals surface area contributed by atoms with Crippen LogP contribution in [-0.4, -0.2) is 24.7 Å². The summed E-state index contributed by atoms with van der Waals surface area (Å²) in [6.07, 6.45) is 0. The first-order chi connectivity index (χ1) is 11.4. The number of nitrogens with one attached hydrogen (secondary N) is 1. The highest BCUT2D eigenvalue weighted by atomic mass is 35.5. The van der Waals surface area contributed by atoms with Crippen LogP contribution in [0.5, 0.6) is 17.2 Å². The highest BCUT2D eigenvalue weighted by Crippen LogP contribution is 2.35. The molecule has 0 bridgehead atoms. The van der Waals surface area contributed by atoms with Gasteiger partial charge in [0.25, 0.3) is 5.91 Å². The second-order valence-electron chi connectivity index (χ2n) is 4.88. The number of methoxy groups -OCH3 is 1. The molecule has 4 N–H and O–H groups in total. The number of nitrogens with two attached hydrogens (primary N) is 1. The highest BCUT2D eigenvalue weighted by molar-refractivity contribution is 6.37. The van der Waals surface area contributed by atoms with Gasteiger partial charge in [-0.05, 0) is 29.8 Å². The molecular weight excluding hydrogens is 355 g/mol. The fourth-order valence-electron chi connectivity index (χ4n) is 1.96. The Morgan fingerprint density at radius 1 is 1.21 bits per heavy atom. The number of amides is 1. The maximum Gasteiger partial charge on any atom is 0.255 e. The van der Waals surface area contributed by atoms with Gasteiger partial charge in [-0.25, -0.2) is 0 Å². The van der Waals surface area contributed by atoms with Crippen molar-refractivity contribution in [2.24, 2.45) is 5.73 Å². The lowest BCUT2D eigenvalue weighted by Crippen LogP contribution is -2.20. The quantitative estimate of drug-likeness (QED) is 0.650. The molecule has 0 saturated heterocycles. The summed E-state index contributed by atoms with van der Waals surface area (Å²) >= 11 is 11.8. The van der Waals surface area contributed by atoms with Crippen molar-refractivity contribution in [2.75, 3.05) is 19.0 Å². The Hall–Kier alpha value is -2.31. The minimum absolute atomic E-state index is 0.151. The van der Waals surface area contributed by atoms with Gasteiger partial charge in [-0.1, -0.05) is 29.3 Å². The molecule has 0 aromatic heterocycles. The summed E-state index contributed by atoms with van der Waals surface area (Å²) in [4.78, 5) is 10.8. The number of phenols is 1. The molecular formula is C16H16Cl2N2O4. The van der Waals surface area contributed by atoms with Gasteiger partial charge in [0.15, 0.2) is 23.9 Å². The minimum atomic E-state index is -0.566. The van der Waals surface area contributed by atoms with Crippen LogP contribution in [0, 0.1) is 0 Å². The van der Waals surface area contributed by atoms with Gasteiger partial charge in [-0.15, -0.1) is 0 Å². The Labute approximate surface area is 149 Å². The van der Waals surface area contributed by atoms with Crippen molar-refractivity contribution in [3.8, 4) is 17.2 Å². The predicted octanol–water partition coefficient (Wildman–Crippen LogP) is 3.18. The molecule has 0 spiro atoms. The third-order valence-electron chi connectivity index (χ3n) is 3.11. The lowest BCUT2D eigenvalue weighted by molar-refractivity contribution is -0.119. The summed E-state index contributed by atoms with van der Waals surface area (Å²) in [6, 6.07) is 8.42. The van der Waals surface area contributed by atoms with Crippen molar-refractivity contribution >= 4 is 34.8 Å². The fraction of sp³-hybridized carbons (Fsp3) is 0.188. The summed E-state index contributed by atoms with van der Waals surface area (Å²) in [5.41, 5.74) is 6.62. The van der Waals surface area contributed by atoms with Gasteiger partial charge in [-0.2, -0.15) is 0 Å². The number of phenolic OH excluding ortho intramolecular Hbond substituents is 1. The van der Waals surface area contributed by atoms with E-state index in [2.05, 4.69) is 5.32 Å². The van der Waals surface area contributed by atoms with Gasteiger partial charge >= 0.3 is 0 Å². The summed E-state index contributed by atoms with van der Waals surface area (Å²) < 4.78 is 10.5. The molecule has 0 unspecified atom stereocenters. The van der Waals surface area contributed by atoms with Crippen LogP contribution in [0.2, 0.25) is 10.0 Å². The Morgan fingerprint density at radius 3 is 2.46 bits per heavy atom. The average Bonchev–Trinajstić information content (AvgIpc) is 2.55. The Kier molecular flexibility index (Phi) is 6.00. The zero-order valence-electron chi connectivity index (χ0n) is 12.8. The molecule has 128 valence electrons. The van der Waals surface area contributed by atoms with Crippen molar-refractivity contribution in [3.63, 3.8) is 0 Å². The smallest absolute Gasteiger partial charge is 0.255 e. The summed E-state index contributed by atoms with van der Waals surface area (Å²) in [5, 5.41) is 13.0. The van der Waals surface area contributed by atoms with Gasteiger partial charge < -0.3 is 25.6 Å². The van der Waals surface area contributed by atoms with E-state index in [-0.39, 0.29) is 22.4 Å². The van der Waals surface area contributed by atoms with Crippen molar-refractivity contribution in [1.82, 2.24) is 0 Å². The topological polar surface area (TPSA) is 93.8 Å². The van der Waals surface area contributed by atoms with Crippen LogP contribution in [0.25, 0.3) is 0 Å². The lowest BCUT2D eigenvalue weighted by atomic mass is 10.2. The van der Waals surface area contributed by atoms with E-state index in [4.69, 9.17) is 38.4 Å². The SMILES string of the molecule is COc1cc(CNc2cc(Cl)c(O)c(Cl)c2)ccc1OCC(N)=O. The van der Waals surface area contributed by atoms with Gasteiger partial charge in [0.05, 0.1) is 17.2 Å². The molecule has 24 heavy (non-hydrogen) atoms. The van der Waals surface area contributed by atoms with Crippen molar-refractivity contribution in [2.45, 2.75) is 6.54 Å². The molecule has 8 heteroatoms. The number of rotatable bonds is 7. The normalized spacial score (nSPS) is 10.3. The molecule has 2 aromatic rings. The van der Waals surface area contributed by atoms with Crippen LogP contribution in [0.4, 0.5) is 5.69 Å². The maximum absolute atomic E-state index is 10.8. The van der Waals surface area contributed by atoms with Gasteiger partial charge in [0.1, 0.15) is 0 Å². The molecule has 0 atom stereocenters. The third kappa shape index (κ3) is 4.59. The number of primary amides is 1. The van der Waals surface area contributed by atoms with E-state index < -0.39 is 5.91 Å². The number of benzene rings is 2. The van der Waals surface area contributed by atoms with Crippen molar-refractivity contribution < 1.29 is 19.4 Å². The molecule has 0 aliphatic heterocycles. The summed E-state index contributed by atoms with van der Waals surface area (Å²) in [7, 11) is 1.50. The van der Waals surface area contributed by atoms with Crippen molar-refractivity contribution in [3.05, 3.63) is 45.9 Å². The minimum Gasteiger partial charge on any atom is -0.505 e. The Bertz CT molecular complexity index is 730. The average molecular weight is 371 g/mol. The molecule has 0 aliphatic carbocycles. The Morgan fingerprint density at radius 2 is 1.88 bits per heavy atom. The summed E-state index contributed by atoms with van der Waals surface area (Å²) in [5.74, 6) is 0.193. The van der Waals surface area contributed by atoms with Crippen LogP contribution in [0.15, 0.2) is 30.3 Å². The first-order valence-corrected chi connectivity index (χ1v) is 7.66. The van der Waals surface area contributed by atoms with Gasteiger partial charge in [0, 0.05) is 12.2 Å². The molecule has 0 fully saturated rings. The molecule has 1 amide bonds. The van der Waals surface area contributed by atoms with Gasteiger partial charge in [-0.3, -0.25) is 4.79 Å².